The van der Waals surface area contributed by atoms with Gasteiger partial charge in [-0.2, -0.15) is 0 Å². The number of rotatable bonds is 6. The van der Waals surface area contributed by atoms with E-state index in [4.69, 9.17) is 15.0 Å². The van der Waals surface area contributed by atoms with Gasteiger partial charge in [0.25, 0.3) is 0 Å². The first kappa shape index (κ1) is 13.6. The summed E-state index contributed by atoms with van der Waals surface area (Å²) in [5.74, 6) is 1.57. The SMILES string of the molecule is Cc1cc(COc2ccc(CCC(C)N)cc2)on1. The van der Waals surface area contributed by atoms with Crippen molar-refractivity contribution < 1.29 is 9.26 Å². The highest BCUT2D eigenvalue weighted by molar-refractivity contribution is 5.27. The Bertz CT molecular complexity index is 503. The van der Waals surface area contributed by atoms with Crippen LogP contribution in [0.1, 0.15) is 30.4 Å². The number of aryl methyl sites for hydroxylation is 2. The maximum Gasteiger partial charge on any atom is 0.174 e. The van der Waals surface area contributed by atoms with Crippen molar-refractivity contribution in [2.24, 2.45) is 5.73 Å². The van der Waals surface area contributed by atoms with Gasteiger partial charge in [0.2, 0.25) is 0 Å². The van der Waals surface area contributed by atoms with Crippen LogP contribution in [0.3, 0.4) is 0 Å². The Morgan fingerprint density at radius 3 is 2.63 bits per heavy atom. The van der Waals surface area contributed by atoms with Crippen molar-refractivity contribution in [3.8, 4) is 5.75 Å². The van der Waals surface area contributed by atoms with Crippen molar-refractivity contribution >= 4 is 0 Å². The quantitative estimate of drug-likeness (QED) is 0.867. The molecule has 1 aromatic heterocycles. The molecule has 0 radical (unpaired) electrons. The molecule has 0 saturated heterocycles. The minimum Gasteiger partial charge on any atom is -0.486 e. The van der Waals surface area contributed by atoms with Gasteiger partial charge in [-0.3, -0.25) is 0 Å². The molecule has 2 aromatic rings. The van der Waals surface area contributed by atoms with Gasteiger partial charge in [-0.05, 0) is 44.4 Å². The summed E-state index contributed by atoms with van der Waals surface area (Å²) < 4.78 is 10.7. The second kappa shape index (κ2) is 6.38. The second-order valence-corrected chi connectivity index (χ2v) is 4.88. The molecule has 0 aliphatic rings. The molecule has 2 rings (SSSR count). The van der Waals surface area contributed by atoms with E-state index in [1.807, 2.05) is 32.0 Å². The first-order chi connectivity index (χ1) is 9.13. The van der Waals surface area contributed by atoms with Crippen LogP contribution in [0.2, 0.25) is 0 Å². The van der Waals surface area contributed by atoms with Crippen LogP contribution in [0.5, 0.6) is 5.75 Å². The van der Waals surface area contributed by atoms with Crippen molar-refractivity contribution in [2.45, 2.75) is 39.3 Å². The first-order valence-corrected chi connectivity index (χ1v) is 6.53. The van der Waals surface area contributed by atoms with Crippen molar-refractivity contribution in [3.05, 3.63) is 47.3 Å². The topological polar surface area (TPSA) is 61.3 Å². The Morgan fingerprint density at radius 1 is 1.32 bits per heavy atom. The largest absolute Gasteiger partial charge is 0.486 e. The summed E-state index contributed by atoms with van der Waals surface area (Å²) in [7, 11) is 0. The van der Waals surface area contributed by atoms with Gasteiger partial charge in [-0.1, -0.05) is 17.3 Å². The molecule has 0 fully saturated rings. The smallest absolute Gasteiger partial charge is 0.174 e. The molecule has 4 nitrogen and oxygen atoms in total. The van der Waals surface area contributed by atoms with E-state index in [1.165, 1.54) is 5.56 Å². The minimum absolute atomic E-state index is 0.241. The van der Waals surface area contributed by atoms with E-state index < -0.39 is 0 Å². The third-order valence-corrected chi connectivity index (χ3v) is 2.87. The Kier molecular flexibility index (Phi) is 4.58. The predicted molar refractivity (Wildman–Crippen MR) is 74.0 cm³/mol. The lowest BCUT2D eigenvalue weighted by Crippen LogP contribution is -2.15. The van der Waals surface area contributed by atoms with E-state index in [2.05, 4.69) is 17.3 Å². The lowest BCUT2D eigenvalue weighted by Gasteiger charge is -2.07. The zero-order chi connectivity index (χ0) is 13.7. The molecule has 1 aromatic carbocycles. The molecule has 0 bridgehead atoms. The summed E-state index contributed by atoms with van der Waals surface area (Å²) in [6.45, 7) is 4.32. The minimum atomic E-state index is 0.241. The molecule has 4 heteroatoms. The van der Waals surface area contributed by atoms with Gasteiger partial charge in [0.05, 0.1) is 5.69 Å². The monoisotopic (exact) mass is 260 g/mol. The molecular weight excluding hydrogens is 240 g/mol. The lowest BCUT2D eigenvalue weighted by atomic mass is 10.1. The maximum absolute atomic E-state index is 5.74. The van der Waals surface area contributed by atoms with E-state index in [-0.39, 0.29) is 6.04 Å². The van der Waals surface area contributed by atoms with E-state index in [0.29, 0.717) is 6.61 Å². The summed E-state index contributed by atoms with van der Waals surface area (Å²) in [4.78, 5) is 0. The van der Waals surface area contributed by atoms with E-state index in [0.717, 1.165) is 30.0 Å². The highest BCUT2D eigenvalue weighted by Gasteiger charge is 2.02. The average molecular weight is 260 g/mol. The third kappa shape index (κ3) is 4.41. The van der Waals surface area contributed by atoms with Crippen LogP contribution in [0, 0.1) is 6.92 Å². The van der Waals surface area contributed by atoms with Crippen LogP contribution in [-0.2, 0) is 13.0 Å². The van der Waals surface area contributed by atoms with Crippen LogP contribution >= 0.6 is 0 Å². The summed E-state index contributed by atoms with van der Waals surface area (Å²) in [5.41, 5.74) is 7.89. The van der Waals surface area contributed by atoms with Crippen LogP contribution in [0.4, 0.5) is 0 Å². The fourth-order valence-electron chi connectivity index (χ4n) is 1.79. The molecule has 2 N–H and O–H groups in total. The molecule has 102 valence electrons. The Morgan fingerprint density at radius 2 is 2.05 bits per heavy atom. The van der Waals surface area contributed by atoms with Crippen LogP contribution < -0.4 is 10.5 Å². The van der Waals surface area contributed by atoms with E-state index >= 15 is 0 Å². The molecule has 0 amide bonds. The number of hydrogen-bond acceptors (Lipinski definition) is 4. The highest BCUT2D eigenvalue weighted by atomic mass is 16.5. The number of nitrogens with two attached hydrogens (primary N) is 1. The predicted octanol–water partition coefficient (Wildman–Crippen LogP) is 2.84. The van der Waals surface area contributed by atoms with Gasteiger partial charge < -0.3 is 15.0 Å². The Balaban J connectivity index is 1.84. The van der Waals surface area contributed by atoms with Gasteiger partial charge in [-0.25, -0.2) is 0 Å². The zero-order valence-electron chi connectivity index (χ0n) is 11.4. The second-order valence-electron chi connectivity index (χ2n) is 4.88. The van der Waals surface area contributed by atoms with Crippen LogP contribution in [-0.4, -0.2) is 11.2 Å². The number of nitrogens with zero attached hydrogens (tertiary/aromatic N) is 1. The average Bonchev–Trinajstić information content (AvgIpc) is 2.81. The van der Waals surface area contributed by atoms with Gasteiger partial charge in [0.1, 0.15) is 12.4 Å². The molecule has 0 spiro atoms. The van der Waals surface area contributed by atoms with Crippen molar-refractivity contribution in [1.82, 2.24) is 5.16 Å². The number of aromatic nitrogens is 1. The maximum atomic E-state index is 5.74. The molecule has 0 aliphatic heterocycles. The molecule has 19 heavy (non-hydrogen) atoms. The standard InChI is InChI=1S/C15H20N2O2/c1-11(16)3-4-13-5-7-14(8-6-13)18-10-15-9-12(2)17-19-15/h5-9,11H,3-4,10,16H2,1-2H3. The Labute approximate surface area is 113 Å². The molecule has 0 saturated carbocycles. The number of ether oxygens (including phenoxy) is 1. The summed E-state index contributed by atoms with van der Waals surface area (Å²) in [6.07, 6.45) is 2.00. The first-order valence-electron chi connectivity index (χ1n) is 6.53. The molecule has 0 aliphatic carbocycles. The van der Waals surface area contributed by atoms with E-state index in [9.17, 15) is 0 Å². The summed E-state index contributed by atoms with van der Waals surface area (Å²) in [5, 5.41) is 3.82. The fourth-order valence-corrected chi connectivity index (χ4v) is 1.79. The van der Waals surface area contributed by atoms with E-state index in [1.54, 1.807) is 0 Å². The number of benzene rings is 1. The summed E-state index contributed by atoms with van der Waals surface area (Å²) >= 11 is 0. The van der Waals surface area contributed by atoms with Gasteiger partial charge in [0, 0.05) is 12.1 Å². The molecule has 1 heterocycles. The van der Waals surface area contributed by atoms with Crippen LogP contribution in [0.25, 0.3) is 0 Å². The van der Waals surface area contributed by atoms with Crippen molar-refractivity contribution in [2.75, 3.05) is 0 Å². The van der Waals surface area contributed by atoms with Gasteiger partial charge in [0.15, 0.2) is 5.76 Å². The fraction of sp³-hybridized carbons (Fsp3) is 0.400. The zero-order valence-corrected chi connectivity index (χ0v) is 11.4. The van der Waals surface area contributed by atoms with Crippen molar-refractivity contribution in [3.63, 3.8) is 0 Å². The molecular formula is C15H20N2O2. The van der Waals surface area contributed by atoms with Crippen molar-refractivity contribution in [1.29, 1.82) is 0 Å². The van der Waals surface area contributed by atoms with Gasteiger partial charge >= 0.3 is 0 Å². The normalized spacial score (nSPS) is 12.4. The Hall–Kier alpha value is -1.81. The number of hydrogen-bond donors (Lipinski definition) is 1. The molecule has 1 unspecified atom stereocenters. The van der Waals surface area contributed by atoms with Gasteiger partial charge in [-0.15, -0.1) is 0 Å². The lowest BCUT2D eigenvalue weighted by molar-refractivity contribution is 0.248. The molecule has 1 atom stereocenters. The highest BCUT2D eigenvalue weighted by Crippen LogP contribution is 2.15. The third-order valence-electron chi connectivity index (χ3n) is 2.87. The van der Waals surface area contributed by atoms with Crippen LogP contribution in [0.15, 0.2) is 34.9 Å². The summed E-state index contributed by atoms with van der Waals surface area (Å²) in [6, 6.07) is 10.2.